The first-order chi connectivity index (χ1) is 11.8. The van der Waals surface area contributed by atoms with Gasteiger partial charge in [-0.3, -0.25) is 0 Å². The predicted octanol–water partition coefficient (Wildman–Crippen LogP) is 4.79. The quantitative estimate of drug-likeness (QED) is 0.510. The molecule has 0 amide bonds. The van der Waals surface area contributed by atoms with Crippen LogP contribution in [0.3, 0.4) is 0 Å². The standard InChI is InChI=1S/C16H11NO.C6H4/c1-2-14-9-6-10-15(11-17)16(14)18-12-13-7-4-3-5-8-13;1-2-5-4-6(5)3-1/h1,3-10H,12H2;1-4H. The normalized spacial score (nSPS) is 9.75. The molecule has 0 heterocycles. The Morgan fingerprint density at radius 1 is 0.833 bits per heavy atom. The van der Waals surface area contributed by atoms with Gasteiger partial charge in [0.1, 0.15) is 12.7 Å². The molecule has 2 heteroatoms. The molecule has 0 N–H and O–H groups in total. The van der Waals surface area contributed by atoms with Gasteiger partial charge in [0.05, 0.1) is 11.1 Å². The molecule has 2 aromatic carbocycles. The van der Waals surface area contributed by atoms with Crippen molar-refractivity contribution in [3.63, 3.8) is 0 Å². The fourth-order valence-corrected chi connectivity index (χ4v) is 2.30. The van der Waals surface area contributed by atoms with Crippen LogP contribution in [-0.4, -0.2) is 0 Å². The monoisotopic (exact) mass is 309 g/mol. The highest BCUT2D eigenvalue weighted by Crippen LogP contribution is 2.32. The first-order valence-corrected chi connectivity index (χ1v) is 7.58. The lowest BCUT2D eigenvalue weighted by molar-refractivity contribution is 0.304. The fraction of sp³-hybridized carbons (Fsp3) is 0.0455. The number of hydrogen-bond donors (Lipinski definition) is 0. The maximum Gasteiger partial charge on any atom is 0.153 e. The van der Waals surface area contributed by atoms with Crippen LogP contribution >= 0.6 is 0 Å². The van der Waals surface area contributed by atoms with Crippen molar-refractivity contribution in [3.05, 3.63) is 89.5 Å². The number of fused-ring (bicyclic) bond motifs is 1. The summed E-state index contributed by atoms with van der Waals surface area (Å²) in [5.74, 6) is 3.01. The smallest absolute Gasteiger partial charge is 0.153 e. The van der Waals surface area contributed by atoms with Crippen molar-refractivity contribution in [1.29, 1.82) is 5.26 Å². The van der Waals surface area contributed by atoms with Crippen molar-refractivity contribution < 1.29 is 4.74 Å². The molecular weight excluding hydrogens is 294 g/mol. The number of nitriles is 1. The van der Waals surface area contributed by atoms with Gasteiger partial charge in [-0.05, 0) is 34.9 Å². The van der Waals surface area contributed by atoms with E-state index in [4.69, 9.17) is 16.4 Å². The van der Waals surface area contributed by atoms with Crippen molar-refractivity contribution in [2.45, 2.75) is 6.61 Å². The van der Waals surface area contributed by atoms with Crippen LogP contribution in [0.25, 0.3) is 11.1 Å². The highest BCUT2D eigenvalue weighted by atomic mass is 16.5. The maximum absolute atomic E-state index is 9.04. The molecule has 0 saturated carbocycles. The first kappa shape index (κ1) is 15.4. The highest BCUT2D eigenvalue weighted by Gasteiger charge is 2.08. The molecule has 4 rings (SSSR count). The summed E-state index contributed by atoms with van der Waals surface area (Å²) in [6.45, 7) is 0.397. The predicted molar refractivity (Wildman–Crippen MR) is 95.3 cm³/mol. The fourth-order valence-electron chi connectivity index (χ4n) is 2.30. The molecule has 0 spiro atoms. The van der Waals surface area contributed by atoms with E-state index in [1.807, 2.05) is 30.3 Å². The minimum atomic E-state index is 0.397. The Balaban J connectivity index is 0.000000231. The molecule has 2 aromatic rings. The molecule has 0 aliphatic heterocycles. The molecule has 2 aliphatic rings. The van der Waals surface area contributed by atoms with E-state index in [2.05, 4.69) is 36.3 Å². The molecule has 0 radical (unpaired) electrons. The third kappa shape index (κ3) is 3.64. The third-order valence-electron chi connectivity index (χ3n) is 3.63. The van der Waals surface area contributed by atoms with Crippen LogP contribution in [0.15, 0.2) is 72.8 Å². The molecule has 0 bridgehead atoms. The SMILES string of the molecule is C#Cc1cccc(C#N)c1OCc1ccccc1.c1cc2cc-2c1. The van der Waals surface area contributed by atoms with Gasteiger partial charge in [-0.2, -0.15) is 5.26 Å². The molecule has 24 heavy (non-hydrogen) atoms. The average molecular weight is 309 g/mol. The van der Waals surface area contributed by atoms with Gasteiger partial charge in [0.15, 0.2) is 5.75 Å². The van der Waals surface area contributed by atoms with Crippen molar-refractivity contribution in [2.75, 3.05) is 0 Å². The van der Waals surface area contributed by atoms with Crippen molar-refractivity contribution in [2.24, 2.45) is 0 Å². The van der Waals surface area contributed by atoms with Gasteiger partial charge in [-0.25, -0.2) is 0 Å². The number of benzene rings is 3. The van der Waals surface area contributed by atoms with E-state index in [1.54, 1.807) is 18.2 Å². The van der Waals surface area contributed by atoms with Gasteiger partial charge in [0, 0.05) is 0 Å². The van der Waals surface area contributed by atoms with Crippen LogP contribution in [0.5, 0.6) is 5.75 Å². The van der Waals surface area contributed by atoms with E-state index < -0.39 is 0 Å². The summed E-state index contributed by atoms with van der Waals surface area (Å²) in [7, 11) is 0. The van der Waals surface area contributed by atoms with Crippen molar-refractivity contribution in [1.82, 2.24) is 0 Å². The summed E-state index contributed by atoms with van der Waals surface area (Å²) >= 11 is 0. The maximum atomic E-state index is 9.04. The van der Waals surface area contributed by atoms with Crippen LogP contribution < -0.4 is 4.74 Å². The van der Waals surface area contributed by atoms with Gasteiger partial charge in [-0.1, -0.05) is 60.5 Å². The van der Waals surface area contributed by atoms with Crippen molar-refractivity contribution in [3.8, 4) is 35.3 Å². The van der Waals surface area contributed by atoms with E-state index in [1.165, 1.54) is 11.1 Å². The van der Waals surface area contributed by atoms with Gasteiger partial charge in [-0.15, -0.1) is 6.42 Å². The number of rotatable bonds is 3. The number of terminal acetylenes is 1. The molecule has 0 saturated heterocycles. The number of nitrogens with zero attached hydrogens (tertiary/aromatic N) is 1. The summed E-state index contributed by atoms with van der Waals surface area (Å²) in [6.07, 6.45) is 5.40. The Morgan fingerprint density at radius 3 is 2.04 bits per heavy atom. The first-order valence-electron chi connectivity index (χ1n) is 7.58. The number of ether oxygens (including phenoxy) is 1. The number of para-hydroxylation sites is 1. The van der Waals surface area contributed by atoms with E-state index >= 15 is 0 Å². The average Bonchev–Trinajstić information content (AvgIpc) is 3.25. The zero-order chi connectivity index (χ0) is 16.8. The number of hydrogen-bond acceptors (Lipinski definition) is 2. The zero-order valence-electron chi connectivity index (χ0n) is 13.1. The summed E-state index contributed by atoms with van der Waals surface area (Å²) in [4.78, 5) is 0. The molecule has 0 atom stereocenters. The van der Waals surface area contributed by atoms with Gasteiger partial charge < -0.3 is 4.74 Å². The lowest BCUT2D eigenvalue weighted by Gasteiger charge is -2.09. The Bertz CT molecular complexity index is 881. The molecule has 114 valence electrons. The topological polar surface area (TPSA) is 33.0 Å². The molecule has 2 nitrogen and oxygen atoms in total. The summed E-state index contributed by atoms with van der Waals surface area (Å²) < 4.78 is 5.67. The molecule has 0 aromatic heterocycles. The third-order valence-corrected chi connectivity index (χ3v) is 3.63. The van der Waals surface area contributed by atoms with E-state index in [0.717, 1.165) is 5.56 Å². The largest absolute Gasteiger partial charge is 0.486 e. The van der Waals surface area contributed by atoms with Crippen molar-refractivity contribution >= 4 is 0 Å². The second-order valence-electron chi connectivity index (χ2n) is 5.29. The Kier molecular flexibility index (Phi) is 4.61. The summed E-state index contributed by atoms with van der Waals surface area (Å²) in [5, 5.41) is 9.04. The lowest BCUT2D eigenvalue weighted by Crippen LogP contribution is -1.99. The van der Waals surface area contributed by atoms with Crippen LogP contribution in [0.1, 0.15) is 16.7 Å². The second kappa shape index (κ2) is 7.18. The zero-order valence-corrected chi connectivity index (χ0v) is 13.1. The Morgan fingerprint density at radius 2 is 1.50 bits per heavy atom. The van der Waals surface area contributed by atoms with Gasteiger partial charge in [0.2, 0.25) is 0 Å². The molecule has 0 unspecified atom stereocenters. The Labute approximate surface area is 142 Å². The van der Waals surface area contributed by atoms with Crippen LogP contribution in [0.2, 0.25) is 0 Å². The highest BCUT2D eigenvalue weighted by molar-refractivity contribution is 5.80. The van der Waals surface area contributed by atoms with Crippen LogP contribution in [0, 0.1) is 23.7 Å². The summed E-state index contributed by atoms with van der Waals surface area (Å²) in [6, 6.07) is 25.5. The van der Waals surface area contributed by atoms with E-state index in [9.17, 15) is 0 Å². The van der Waals surface area contributed by atoms with E-state index in [-0.39, 0.29) is 0 Å². The molecule has 0 fully saturated rings. The van der Waals surface area contributed by atoms with Gasteiger partial charge >= 0.3 is 0 Å². The van der Waals surface area contributed by atoms with E-state index in [0.29, 0.717) is 23.5 Å². The van der Waals surface area contributed by atoms with Crippen LogP contribution in [-0.2, 0) is 6.61 Å². The minimum Gasteiger partial charge on any atom is -0.486 e. The molecule has 2 aliphatic carbocycles. The summed E-state index contributed by atoms with van der Waals surface area (Å²) in [5.41, 5.74) is 4.95. The lowest BCUT2D eigenvalue weighted by atomic mass is 10.1. The minimum absolute atomic E-state index is 0.397. The Hall–Kier alpha value is -3.49. The second-order valence-corrected chi connectivity index (χ2v) is 5.29. The van der Waals surface area contributed by atoms with Crippen LogP contribution in [0.4, 0.5) is 0 Å². The molecular formula is C22H15NO. The van der Waals surface area contributed by atoms with Gasteiger partial charge in [0.25, 0.3) is 0 Å².